The van der Waals surface area contributed by atoms with Gasteiger partial charge in [0.25, 0.3) is 5.56 Å². The first-order chi connectivity index (χ1) is 5.38. The van der Waals surface area contributed by atoms with Gasteiger partial charge >= 0.3 is 0 Å². The van der Waals surface area contributed by atoms with Gasteiger partial charge in [0.15, 0.2) is 0 Å². The molecule has 0 saturated carbocycles. The molecular formula is C7H6N2O2. The van der Waals surface area contributed by atoms with Gasteiger partial charge in [-0.25, -0.2) is 4.98 Å². The highest BCUT2D eigenvalue weighted by Gasteiger charge is 1.96. The predicted molar refractivity (Wildman–Crippen MR) is 39.0 cm³/mol. The zero-order valence-electron chi connectivity index (χ0n) is 5.70. The van der Waals surface area contributed by atoms with Gasteiger partial charge in [0, 0.05) is 0 Å². The largest absolute Gasteiger partial charge is 0.495 e. The van der Waals surface area contributed by atoms with Gasteiger partial charge in [-0.1, -0.05) is 0 Å². The summed E-state index contributed by atoms with van der Waals surface area (Å²) in [7, 11) is 0. The molecular weight excluding hydrogens is 144 g/mol. The van der Waals surface area contributed by atoms with Gasteiger partial charge in [-0.15, -0.1) is 0 Å². The van der Waals surface area contributed by atoms with Crippen molar-refractivity contribution in [3.05, 3.63) is 27.2 Å². The lowest BCUT2D eigenvalue weighted by atomic mass is 10.3. The fraction of sp³-hybridized carbons (Fsp3) is 0.143. The van der Waals surface area contributed by atoms with Crippen LogP contribution in [-0.2, 0) is 4.74 Å². The van der Waals surface area contributed by atoms with Gasteiger partial charge in [-0.3, -0.25) is 4.79 Å². The highest BCUT2D eigenvalue weighted by atomic mass is 16.5. The first-order valence-corrected chi connectivity index (χ1v) is 3.23. The number of aromatic amines is 1. The average Bonchev–Trinajstić information content (AvgIpc) is 2.06. The first kappa shape index (κ1) is 6.15. The summed E-state index contributed by atoms with van der Waals surface area (Å²) in [5.41, 5.74) is -0.116. The summed E-state index contributed by atoms with van der Waals surface area (Å²) in [6.45, 7) is 0.446. The zero-order chi connectivity index (χ0) is 7.68. The Morgan fingerprint density at radius 2 is 2.55 bits per heavy atom. The number of hydrogen-bond acceptors (Lipinski definition) is 3. The molecule has 0 amide bonds. The van der Waals surface area contributed by atoms with Crippen molar-refractivity contribution in [3.63, 3.8) is 0 Å². The summed E-state index contributed by atoms with van der Waals surface area (Å²) >= 11 is 0. The molecule has 0 spiro atoms. The smallest absolute Gasteiger partial charge is 0.258 e. The molecule has 1 aromatic heterocycles. The molecule has 0 aromatic carbocycles. The SMILES string of the molecule is O=c1[nH]cnc2c1=CCOC=2. The van der Waals surface area contributed by atoms with Crippen molar-refractivity contribution in [2.45, 2.75) is 0 Å². The van der Waals surface area contributed by atoms with Crippen molar-refractivity contribution in [2.24, 2.45) is 0 Å². The molecule has 4 heteroatoms. The van der Waals surface area contributed by atoms with E-state index in [9.17, 15) is 4.79 Å². The van der Waals surface area contributed by atoms with Crippen molar-refractivity contribution in [1.82, 2.24) is 9.97 Å². The van der Waals surface area contributed by atoms with E-state index in [1.165, 1.54) is 12.6 Å². The Bertz CT molecular complexity index is 432. The highest BCUT2D eigenvalue weighted by Crippen LogP contribution is 1.77. The summed E-state index contributed by atoms with van der Waals surface area (Å²) in [5.74, 6) is 0. The standard InChI is InChI=1S/C7H6N2O2/c10-7-5-1-2-11-3-6(5)8-4-9-7/h1,3-4H,2H2,(H,8,9,10). The molecule has 1 N–H and O–H groups in total. The first-order valence-electron chi connectivity index (χ1n) is 3.23. The van der Waals surface area contributed by atoms with Gasteiger partial charge in [0.1, 0.15) is 18.2 Å². The molecule has 2 heterocycles. The number of hydrogen-bond donors (Lipinski definition) is 1. The molecule has 1 aliphatic rings. The van der Waals surface area contributed by atoms with Crippen LogP contribution in [0.2, 0.25) is 0 Å². The van der Waals surface area contributed by atoms with Gasteiger partial charge in [0.2, 0.25) is 0 Å². The van der Waals surface area contributed by atoms with E-state index in [0.29, 0.717) is 17.2 Å². The monoisotopic (exact) mass is 150 g/mol. The van der Waals surface area contributed by atoms with Gasteiger partial charge < -0.3 is 9.72 Å². The molecule has 0 atom stereocenters. The molecule has 0 unspecified atom stereocenters. The highest BCUT2D eigenvalue weighted by molar-refractivity contribution is 5.29. The molecule has 2 rings (SSSR count). The molecule has 1 aromatic rings. The van der Waals surface area contributed by atoms with Crippen LogP contribution in [0.25, 0.3) is 12.3 Å². The Morgan fingerprint density at radius 3 is 3.36 bits per heavy atom. The van der Waals surface area contributed by atoms with E-state index >= 15 is 0 Å². The lowest BCUT2D eigenvalue weighted by Crippen LogP contribution is -2.44. The summed E-state index contributed by atoms with van der Waals surface area (Å²) in [6.07, 6.45) is 4.56. The third kappa shape index (κ3) is 0.920. The molecule has 1 aliphatic heterocycles. The third-order valence-corrected chi connectivity index (χ3v) is 1.50. The minimum atomic E-state index is -0.116. The van der Waals surface area contributed by atoms with Gasteiger partial charge in [0.05, 0.1) is 11.5 Å². The van der Waals surface area contributed by atoms with Crippen molar-refractivity contribution in [2.75, 3.05) is 6.61 Å². The topological polar surface area (TPSA) is 55.0 Å². The van der Waals surface area contributed by atoms with Crippen LogP contribution >= 0.6 is 0 Å². The van der Waals surface area contributed by atoms with E-state index in [0.717, 1.165) is 0 Å². The second-order valence-electron chi connectivity index (χ2n) is 2.19. The van der Waals surface area contributed by atoms with Crippen molar-refractivity contribution >= 4 is 12.3 Å². The maximum atomic E-state index is 11.1. The van der Waals surface area contributed by atoms with Crippen molar-refractivity contribution < 1.29 is 4.74 Å². The lowest BCUT2D eigenvalue weighted by molar-refractivity contribution is 0.344. The Labute approximate surface area is 61.9 Å². The van der Waals surface area contributed by atoms with E-state index in [1.54, 1.807) is 6.08 Å². The molecule has 0 radical (unpaired) electrons. The van der Waals surface area contributed by atoms with Crippen LogP contribution in [0.4, 0.5) is 0 Å². The second kappa shape index (κ2) is 2.23. The molecule has 11 heavy (non-hydrogen) atoms. The average molecular weight is 150 g/mol. The van der Waals surface area contributed by atoms with E-state index in [4.69, 9.17) is 4.74 Å². The summed E-state index contributed by atoms with van der Waals surface area (Å²) in [5, 5.41) is 1.19. The van der Waals surface area contributed by atoms with E-state index < -0.39 is 0 Å². The van der Waals surface area contributed by atoms with Crippen molar-refractivity contribution in [3.8, 4) is 0 Å². The maximum Gasteiger partial charge on any atom is 0.258 e. The minimum Gasteiger partial charge on any atom is -0.495 e. The Kier molecular flexibility index (Phi) is 1.25. The third-order valence-electron chi connectivity index (χ3n) is 1.50. The fourth-order valence-corrected chi connectivity index (χ4v) is 0.974. The zero-order valence-corrected chi connectivity index (χ0v) is 5.70. The number of nitrogens with zero attached hydrogens (tertiary/aromatic N) is 1. The Hall–Kier alpha value is -1.58. The van der Waals surface area contributed by atoms with Crippen LogP contribution in [0.5, 0.6) is 0 Å². The predicted octanol–water partition coefficient (Wildman–Crippen LogP) is -1.68. The molecule has 0 saturated heterocycles. The fourth-order valence-electron chi connectivity index (χ4n) is 0.974. The van der Waals surface area contributed by atoms with Gasteiger partial charge in [-0.05, 0) is 6.08 Å². The number of aromatic nitrogens is 2. The van der Waals surface area contributed by atoms with E-state index in [1.807, 2.05) is 0 Å². The van der Waals surface area contributed by atoms with Crippen LogP contribution in [0.3, 0.4) is 0 Å². The van der Waals surface area contributed by atoms with Crippen LogP contribution < -0.4 is 16.1 Å². The normalized spacial score (nSPS) is 13.8. The molecule has 56 valence electrons. The van der Waals surface area contributed by atoms with Gasteiger partial charge in [-0.2, -0.15) is 0 Å². The van der Waals surface area contributed by atoms with E-state index in [-0.39, 0.29) is 5.56 Å². The number of ether oxygens (including phenoxy) is 1. The minimum absolute atomic E-state index is 0.116. The van der Waals surface area contributed by atoms with Crippen LogP contribution in [0.1, 0.15) is 0 Å². The summed E-state index contributed by atoms with van der Waals surface area (Å²) in [6, 6.07) is 0. The van der Waals surface area contributed by atoms with Crippen molar-refractivity contribution in [1.29, 1.82) is 0 Å². The van der Waals surface area contributed by atoms with E-state index in [2.05, 4.69) is 9.97 Å². The molecule has 4 nitrogen and oxygen atoms in total. The second-order valence-corrected chi connectivity index (χ2v) is 2.19. The van der Waals surface area contributed by atoms with Crippen LogP contribution in [-0.4, -0.2) is 16.6 Å². The van der Waals surface area contributed by atoms with Crippen LogP contribution in [0.15, 0.2) is 11.1 Å². The summed E-state index contributed by atoms with van der Waals surface area (Å²) < 4.78 is 4.96. The summed E-state index contributed by atoms with van der Waals surface area (Å²) in [4.78, 5) is 17.5. The number of H-pyrrole nitrogens is 1. The molecule has 0 bridgehead atoms. The Morgan fingerprint density at radius 1 is 1.64 bits per heavy atom. The Balaban J connectivity index is 3.00. The maximum absolute atomic E-state index is 11.1. The quantitative estimate of drug-likeness (QED) is 0.480. The molecule has 0 fully saturated rings. The molecule has 0 aliphatic carbocycles. The lowest BCUT2D eigenvalue weighted by Gasteiger charge is -1.98. The number of rotatable bonds is 0. The number of fused-ring (bicyclic) bond motifs is 1. The number of nitrogens with one attached hydrogen (secondary N) is 1. The van der Waals surface area contributed by atoms with Crippen LogP contribution in [0, 0.1) is 0 Å².